The third-order valence-corrected chi connectivity index (χ3v) is 2.46. The Morgan fingerprint density at radius 2 is 2.00 bits per heavy atom. The third kappa shape index (κ3) is 1.90. The molecule has 0 bridgehead atoms. The van der Waals surface area contributed by atoms with E-state index in [1.807, 2.05) is 24.3 Å². The maximum absolute atomic E-state index is 10.1. The standard InChI is InChI=1S/C11H13N3O2/c1-14-10(7-12-13-14)11(15)8-3-5-9(16-2)6-4-8/h3-7,11,15H,1-2H3. The normalized spacial score (nSPS) is 12.4. The molecule has 0 aliphatic rings. The van der Waals surface area contributed by atoms with Gasteiger partial charge in [0.1, 0.15) is 11.9 Å². The van der Waals surface area contributed by atoms with Gasteiger partial charge in [-0.15, -0.1) is 5.10 Å². The van der Waals surface area contributed by atoms with Gasteiger partial charge in [0.05, 0.1) is 19.0 Å². The zero-order valence-corrected chi connectivity index (χ0v) is 9.16. The zero-order chi connectivity index (χ0) is 11.5. The molecule has 0 amide bonds. The van der Waals surface area contributed by atoms with Crippen molar-refractivity contribution in [3.05, 3.63) is 41.7 Å². The van der Waals surface area contributed by atoms with E-state index in [4.69, 9.17) is 4.74 Å². The van der Waals surface area contributed by atoms with Crippen LogP contribution in [-0.2, 0) is 7.05 Å². The highest BCUT2D eigenvalue weighted by molar-refractivity contribution is 5.31. The summed E-state index contributed by atoms with van der Waals surface area (Å²) in [6.07, 6.45) is 0.834. The molecule has 0 spiro atoms. The highest BCUT2D eigenvalue weighted by Crippen LogP contribution is 2.22. The lowest BCUT2D eigenvalue weighted by Crippen LogP contribution is -2.06. The van der Waals surface area contributed by atoms with Crippen molar-refractivity contribution in [2.75, 3.05) is 7.11 Å². The van der Waals surface area contributed by atoms with Crippen molar-refractivity contribution in [1.82, 2.24) is 15.0 Å². The molecule has 0 fully saturated rings. The molecule has 0 saturated heterocycles. The molecule has 1 unspecified atom stereocenters. The first-order chi connectivity index (χ1) is 7.72. The molecule has 5 heteroatoms. The van der Waals surface area contributed by atoms with Crippen LogP contribution in [-0.4, -0.2) is 27.2 Å². The maximum atomic E-state index is 10.1. The van der Waals surface area contributed by atoms with Crippen molar-refractivity contribution in [2.24, 2.45) is 7.05 Å². The Balaban J connectivity index is 2.27. The number of aliphatic hydroxyl groups is 1. The van der Waals surface area contributed by atoms with Crippen LogP contribution in [0, 0.1) is 0 Å². The first-order valence-electron chi connectivity index (χ1n) is 4.89. The van der Waals surface area contributed by atoms with Crippen molar-refractivity contribution >= 4 is 0 Å². The van der Waals surface area contributed by atoms with E-state index in [2.05, 4.69) is 10.3 Å². The number of rotatable bonds is 3. The monoisotopic (exact) mass is 219 g/mol. The molecule has 1 aromatic carbocycles. The topological polar surface area (TPSA) is 60.2 Å². The molecule has 1 aromatic heterocycles. The maximum Gasteiger partial charge on any atom is 0.122 e. The summed E-state index contributed by atoms with van der Waals surface area (Å²) in [5.41, 5.74) is 1.44. The number of hydrogen-bond donors (Lipinski definition) is 1. The number of aryl methyl sites for hydroxylation is 1. The van der Waals surface area contributed by atoms with E-state index in [0.29, 0.717) is 5.69 Å². The fraction of sp³-hybridized carbons (Fsp3) is 0.273. The van der Waals surface area contributed by atoms with Crippen LogP contribution in [0.1, 0.15) is 17.4 Å². The van der Waals surface area contributed by atoms with Crippen LogP contribution >= 0.6 is 0 Å². The second-order valence-electron chi connectivity index (χ2n) is 3.46. The number of methoxy groups -OCH3 is 1. The molecular formula is C11H13N3O2. The highest BCUT2D eigenvalue weighted by Gasteiger charge is 2.14. The fourth-order valence-corrected chi connectivity index (χ4v) is 1.50. The van der Waals surface area contributed by atoms with Gasteiger partial charge in [0.15, 0.2) is 0 Å². The predicted octanol–water partition coefficient (Wildman–Crippen LogP) is 0.905. The van der Waals surface area contributed by atoms with E-state index < -0.39 is 6.10 Å². The van der Waals surface area contributed by atoms with E-state index in [1.54, 1.807) is 25.0 Å². The summed E-state index contributed by atoms with van der Waals surface area (Å²) >= 11 is 0. The highest BCUT2D eigenvalue weighted by atomic mass is 16.5. The van der Waals surface area contributed by atoms with Crippen LogP contribution in [0.3, 0.4) is 0 Å². The van der Waals surface area contributed by atoms with Gasteiger partial charge in [0, 0.05) is 7.05 Å². The van der Waals surface area contributed by atoms with Gasteiger partial charge in [-0.3, -0.25) is 0 Å². The average molecular weight is 219 g/mol. The smallest absolute Gasteiger partial charge is 0.122 e. The second kappa shape index (κ2) is 4.32. The van der Waals surface area contributed by atoms with Crippen LogP contribution in [0.5, 0.6) is 5.75 Å². The lowest BCUT2D eigenvalue weighted by Gasteiger charge is -2.10. The molecule has 1 atom stereocenters. The van der Waals surface area contributed by atoms with Crippen LogP contribution in [0.2, 0.25) is 0 Å². The Morgan fingerprint density at radius 3 is 2.50 bits per heavy atom. The summed E-state index contributed by atoms with van der Waals surface area (Å²) in [7, 11) is 3.35. The Labute approximate surface area is 93.3 Å². The molecule has 84 valence electrons. The molecule has 0 aliphatic heterocycles. The molecule has 2 rings (SSSR count). The second-order valence-corrected chi connectivity index (χ2v) is 3.46. The molecule has 16 heavy (non-hydrogen) atoms. The van der Waals surface area contributed by atoms with Gasteiger partial charge in [-0.1, -0.05) is 17.3 Å². The van der Waals surface area contributed by atoms with Gasteiger partial charge in [0.2, 0.25) is 0 Å². The minimum absolute atomic E-state index is 0.658. The first kappa shape index (κ1) is 10.6. The van der Waals surface area contributed by atoms with E-state index >= 15 is 0 Å². The SMILES string of the molecule is COc1ccc(C(O)c2cnnn2C)cc1. The minimum Gasteiger partial charge on any atom is -0.497 e. The fourth-order valence-electron chi connectivity index (χ4n) is 1.50. The largest absolute Gasteiger partial charge is 0.497 e. The number of nitrogens with zero attached hydrogens (tertiary/aromatic N) is 3. The van der Waals surface area contributed by atoms with Crippen LogP contribution in [0.4, 0.5) is 0 Å². The zero-order valence-electron chi connectivity index (χ0n) is 9.16. The minimum atomic E-state index is -0.717. The van der Waals surface area contributed by atoms with Crippen molar-refractivity contribution < 1.29 is 9.84 Å². The Hall–Kier alpha value is -1.88. The van der Waals surface area contributed by atoms with E-state index in [-0.39, 0.29) is 0 Å². The van der Waals surface area contributed by atoms with Crippen molar-refractivity contribution in [2.45, 2.75) is 6.10 Å². The van der Waals surface area contributed by atoms with Gasteiger partial charge in [-0.25, -0.2) is 4.68 Å². The Kier molecular flexibility index (Phi) is 2.87. The molecule has 5 nitrogen and oxygen atoms in total. The van der Waals surface area contributed by atoms with Crippen LogP contribution in [0.25, 0.3) is 0 Å². The summed E-state index contributed by atoms with van der Waals surface area (Å²) in [5, 5.41) is 17.6. The summed E-state index contributed by atoms with van der Waals surface area (Å²) in [6, 6.07) is 7.25. The summed E-state index contributed by atoms with van der Waals surface area (Å²) < 4.78 is 6.60. The quantitative estimate of drug-likeness (QED) is 0.833. The summed E-state index contributed by atoms with van der Waals surface area (Å²) in [5.74, 6) is 0.763. The van der Waals surface area contributed by atoms with Crippen molar-refractivity contribution in [3.63, 3.8) is 0 Å². The molecule has 2 aromatic rings. The summed E-state index contributed by atoms with van der Waals surface area (Å²) in [4.78, 5) is 0. The van der Waals surface area contributed by atoms with Crippen LogP contribution in [0.15, 0.2) is 30.5 Å². The molecule has 0 saturated carbocycles. The Bertz CT molecular complexity index is 464. The number of aliphatic hydroxyl groups excluding tert-OH is 1. The number of ether oxygens (including phenoxy) is 1. The summed E-state index contributed by atoms with van der Waals surface area (Å²) in [6.45, 7) is 0. The van der Waals surface area contributed by atoms with Gasteiger partial charge in [-0.2, -0.15) is 0 Å². The Morgan fingerprint density at radius 1 is 1.31 bits per heavy atom. The van der Waals surface area contributed by atoms with E-state index in [1.165, 1.54) is 0 Å². The molecular weight excluding hydrogens is 206 g/mol. The number of hydrogen-bond acceptors (Lipinski definition) is 4. The number of aromatic nitrogens is 3. The van der Waals surface area contributed by atoms with E-state index in [9.17, 15) is 5.11 Å². The molecule has 1 N–H and O–H groups in total. The molecule has 0 aliphatic carbocycles. The number of benzene rings is 1. The van der Waals surface area contributed by atoms with Crippen molar-refractivity contribution in [1.29, 1.82) is 0 Å². The lowest BCUT2D eigenvalue weighted by molar-refractivity contribution is 0.209. The van der Waals surface area contributed by atoms with Gasteiger partial charge >= 0.3 is 0 Å². The predicted molar refractivity (Wildman–Crippen MR) is 58.1 cm³/mol. The van der Waals surface area contributed by atoms with E-state index in [0.717, 1.165) is 11.3 Å². The molecule has 1 heterocycles. The van der Waals surface area contributed by atoms with Gasteiger partial charge in [-0.05, 0) is 17.7 Å². The van der Waals surface area contributed by atoms with Crippen LogP contribution < -0.4 is 4.74 Å². The molecule has 0 radical (unpaired) electrons. The van der Waals surface area contributed by atoms with Gasteiger partial charge in [0.25, 0.3) is 0 Å². The third-order valence-electron chi connectivity index (χ3n) is 2.46. The lowest BCUT2D eigenvalue weighted by atomic mass is 10.1. The van der Waals surface area contributed by atoms with Gasteiger partial charge < -0.3 is 9.84 Å². The average Bonchev–Trinajstić information content (AvgIpc) is 2.75. The van der Waals surface area contributed by atoms with Crippen molar-refractivity contribution in [3.8, 4) is 5.75 Å². The first-order valence-corrected chi connectivity index (χ1v) is 4.89.